The molecule has 2 atom stereocenters. The van der Waals surface area contributed by atoms with Crippen molar-refractivity contribution in [2.24, 2.45) is 5.92 Å². The van der Waals surface area contributed by atoms with Gasteiger partial charge in [-0.05, 0) is 31.7 Å². The van der Waals surface area contributed by atoms with Gasteiger partial charge in [0, 0.05) is 17.8 Å². The minimum absolute atomic E-state index is 0.0786. The molecule has 19 heavy (non-hydrogen) atoms. The maximum absolute atomic E-state index is 11.5. The Morgan fingerprint density at radius 2 is 2.05 bits per heavy atom. The van der Waals surface area contributed by atoms with Crippen LogP contribution in [0, 0.1) is 5.92 Å². The van der Waals surface area contributed by atoms with Gasteiger partial charge < -0.3 is 9.67 Å². The highest BCUT2D eigenvalue weighted by atomic mass is 16.4. The van der Waals surface area contributed by atoms with E-state index in [1.54, 1.807) is 6.20 Å². The molecule has 2 rings (SSSR count). The molecule has 0 spiro atoms. The molecule has 104 valence electrons. The average Bonchev–Trinajstić information content (AvgIpc) is 2.83. The van der Waals surface area contributed by atoms with Crippen LogP contribution in [0.3, 0.4) is 0 Å². The molecule has 2 unspecified atom stereocenters. The van der Waals surface area contributed by atoms with Gasteiger partial charge in [0.1, 0.15) is 5.69 Å². The summed E-state index contributed by atoms with van der Waals surface area (Å²) in [6.45, 7) is 3.63. The number of carboxylic acids is 1. The molecule has 1 saturated carbocycles. The number of hydrogen-bond acceptors (Lipinski definition) is 2. The van der Waals surface area contributed by atoms with Gasteiger partial charge in [0.25, 0.3) is 0 Å². The maximum Gasteiger partial charge on any atom is 0.352 e. The van der Waals surface area contributed by atoms with Crippen LogP contribution in [0.15, 0.2) is 12.3 Å². The van der Waals surface area contributed by atoms with Crippen molar-refractivity contribution in [1.82, 2.24) is 4.57 Å². The smallest absolute Gasteiger partial charge is 0.352 e. The highest BCUT2D eigenvalue weighted by molar-refractivity contribution is 5.97. The zero-order valence-electron chi connectivity index (χ0n) is 11.6. The van der Waals surface area contributed by atoms with Crippen molar-refractivity contribution in [3.05, 3.63) is 23.5 Å². The first-order chi connectivity index (χ1) is 9.04. The Bertz CT molecular complexity index is 490. The number of rotatable bonds is 4. The monoisotopic (exact) mass is 263 g/mol. The highest BCUT2D eigenvalue weighted by Crippen LogP contribution is 2.37. The third kappa shape index (κ3) is 2.72. The summed E-state index contributed by atoms with van der Waals surface area (Å²) >= 11 is 0. The molecule has 1 aliphatic rings. The summed E-state index contributed by atoms with van der Waals surface area (Å²) in [5, 5.41) is 9.32. The molecule has 1 fully saturated rings. The van der Waals surface area contributed by atoms with Gasteiger partial charge in [-0.2, -0.15) is 0 Å². The van der Waals surface area contributed by atoms with E-state index in [0.29, 0.717) is 11.5 Å². The minimum Gasteiger partial charge on any atom is -0.477 e. The fraction of sp³-hybridized carbons (Fsp3) is 0.600. The van der Waals surface area contributed by atoms with E-state index in [9.17, 15) is 14.7 Å². The molecule has 1 aromatic heterocycles. The Morgan fingerprint density at radius 3 is 2.63 bits per heavy atom. The largest absolute Gasteiger partial charge is 0.477 e. The summed E-state index contributed by atoms with van der Waals surface area (Å²) in [7, 11) is 0. The number of nitrogens with zero attached hydrogens (tertiary/aromatic N) is 1. The number of carbonyl (C=O) groups is 2. The van der Waals surface area contributed by atoms with Crippen LogP contribution in [0.5, 0.6) is 0 Å². The summed E-state index contributed by atoms with van der Waals surface area (Å²) in [4.78, 5) is 22.8. The van der Waals surface area contributed by atoms with Gasteiger partial charge in [0.2, 0.25) is 0 Å². The van der Waals surface area contributed by atoms with Crippen molar-refractivity contribution in [3.63, 3.8) is 0 Å². The van der Waals surface area contributed by atoms with E-state index >= 15 is 0 Å². The zero-order valence-corrected chi connectivity index (χ0v) is 11.6. The second-order valence-corrected chi connectivity index (χ2v) is 5.40. The van der Waals surface area contributed by atoms with E-state index in [0.717, 1.165) is 25.7 Å². The first-order valence-corrected chi connectivity index (χ1v) is 7.00. The zero-order chi connectivity index (χ0) is 14.0. The Kier molecular flexibility index (Phi) is 4.08. The van der Waals surface area contributed by atoms with Crippen LogP contribution >= 0.6 is 0 Å². The Morgan fingerprint density at radius 1 is 1.37 bits per heavy atom. The van der Waals surface area contributed by atoms with Gasteiger partial charge in [0.15, 0.2) is 5.78 Å². The second kappa shape index (κ2) is 5.59. The first-order valence-electron chi connectivity index (χ1n) is 7.00. The quantitative estimate of drug-likeness (QED) is 0.845. The third-order valence-corrected chi connectivity index (χ3v) is 4.22. The molecule has 4 nitrogen and oxygen atoms in total. The number of aromatic nitrogens is 1. The van der Waals surface area contributed by atoms with Gasteiger partial charge in [-0.15, -0.1) is 0 Å². The fourth-order valence-corrected chi connectivity index (χ4v) is 3.15. The molecular formula is C15H21NO3. The molecule has 4 heteroatoms. The lowest BCUT2D eigenvalue weighted by Crippen LogP contribution is -2.24. The molecule has 0 amide bonds. The van der Waals surface area contributed by atoms with Crippen LogP contribution in [0.2, 0.25) is 0 Å². The molecule has 0 bridgehead atoms. The lowest BCUT2D eigenvalue weighted by atomic mass is 9.82. The van der Waals surface area contributed by atoms with E-state index in [1.165, 1.54) is 19.4 Å². The maximum atomic E-state index is 11.5. The topological polar surface area (TPSA) is 59.3 Å². The number of carboxylic acid groups (broad SMARTS) is 1. The summed E-state index contributed by atoms with van der Waals surface area (Å²) in [6, 6.07) is 1.73. The van der Waals surface area contributed by atoms with Crippen molar-refractivity contribution < 1.29 is 14.7 Å². The number of Topliss-reactive ketones (excluding diaryl/α,β-unsaturated/α-hetero) is 1. The fourth-order valence-electron chi connectivity index (χ4n) is 3.15. The molecule has 0 aliphatic heterocycles. The van der Waals surface area contributed by atoms with Crippen LogP contribution in [-0.4, -0.2) is 21.4 Å². The SMILES string of the molecule is CCC1CCCCC1n1cc(C(C)=O)cc1C(=O)O. The van der Waals surface area contributed by atoms with Gasteiger partial charge in [-0.1, -0.05) is 26.2 Å². The third-order valence-electron chi connectivity index (χ3n) is 4.22. The van der Waals surface area contributed by atoms with Crippen LogP contribution < -0.4 is 0 Å². The van der Waals surface area contributed by atoms with Crippen LogP contribution in [0.4, 0.5) is 0 Å². The molecule has 0 saturated heterocycles. The average molecular weight is 263 g/mol. The van der Waals surface area contributed by atoms with Crippen molar-refractivity contribution in [1.29, 1.82) is 0 Å². The van der Waals surface area contributed by atoms with Crippen molar-refractivity contribution >= 4 is 11.8 Å². The molecule has 0 aromatic carbocycles. The lowest BCUT2D eigenvalue weighted by molar-refractivity contribution is 0.0676. The van der Waals surface area contributed by atoms with Gasteiger partial charge in [0.05, 0.1) is 0 Å². The number of aromatic carboxylic acids is 1. The normalized spacial score (nSPS) is 23.3. The van der Waals surface area contributed by atoms with E-state index < -0.39 is 5.97 Å². The van der Waals surface area contributed by atoms with Gasteiger partial charge in [-0.25, -0.2) is 4.79 Å². The van der Waals surface area contributed by atoms with Gasteiger partial charge >= 0.3 is 5.97 Å². The second-order valence-electron chi connectivity index (χ2n) is 5.40. The lowest BCUT2D eigenvalue weighted by Gasteiger charge is -2.32. The summed E-state index contributed by atoms with van der Waals surface area (Å²) in [5.41, 5.74) is 0.744. The summed E-state index contributed by atoms with van der Waals surface area (Å²) in [5.74, 6) is -0.517. The van der Waals surface area contributed by atoms with E-state index in [2.05, 4.69) is 6.92 Å². The molecular weight excluding hydrogens is 242 g/mol. The van der Waals surface area contributed by atoms with E-state index in [4.69, 9.17) is 0 Å². The first kappa shape index (κ1) is 13.8. The Balaban J connectivity index is 2.41. The van der Waals surface area contributed by atoms with Crippen LogP contribution in [0.1, 0.15) is 72.8 Å². The Labute approximate surface area is 113 Å². The number of carbonyl (C=O) groups excluding carboxylic acids is 1. The Hall–Kier alpha value is -1.58. The predicted octanol–water partition coefficient (Wildman–Crippen LogP) is 3.53. The van der Waals surface area contributed by atoms with Gasteiger partial charge in [-0.3, -0.25) is 4.79 Å². The van der Waals surface area contributed by atoms with Crippen LogP contribution in [0.25, 0.3) is 0 Å². The molecule has 1 N–H and O–H groups in total. The molecule has 1 aromatic rings. The number of ketones is 1. The molecule has 1 heterocycles. The van der Waals surface area contributed by atoms with Crippen molar-refractivity contribution in [2.75, 3.05) is 0 Å². The molecule has 0 radical (unpaired) electrons. The minimum atomic E-state index is -0.951. The summed E-state index contributed by atoms with van der Waals surface area (Å²) < 4.78 is 1.83. The van der Waals surface area contributed by atoms with Crippen LogP contribution in [-0.2, 0) is 0 Å². The number of hydrogen-bond donors (Lipinski definition) is 1. The van der Waals surface area contributed by atoms with Crippen molar-refractivity contribution in [2.45, 2.75) is 52.0 Å². The highest BCUT2D eigenvalue weighted by Gasteiger charge is 2.28. The predicted molar refractivity (Wildman–Crippen MR) is 72.7 cm³/mol. The molecule has 1 aliphatic carbocycles. The van der Waals surface area contributed by atoms with E-state index in [1.807, 2.05) is 4.57 Å². The van der Waals surface area contributed by atoms with E-state index in [-0.39, 0.29) is 17.5 Å². The summed E-state index contributed by atoms with van der Waals surface area (Å²) in [6.07, 6.45) is 7.28. The van der Waals surface area contributed by atoms with Crippen molar-refractivity contribution in [3.8, 4) is 0 Å². The standard InChI is InChI=1S/C15H21NO3/c1-3-11-6-4-5-7-13(11)16-9-12(10(2)17)8-14(16)15(18)19/h8-9,11,13H,3-7H2,1-2H3,(H,18,19).